The lowest BCUT2D eigenvalue weighted by molar-refractivity contribution is -0.274. The number of rotatable bonds is 1. The maximum absolute atomic E-state index is 12.8. The summed E-state index contributed by atoms with van der Waals surface area (Å²) in [5, 5.41) is 1.98. The first-order chi connectivity index (χ1) is 45.8. The third-order valence-electron chi connectivity index (χ3n) is 13.9. The topological polar surface area (TPSA) is 22.1 Å². The highest BCUT2D eigenvalue weighted by Gasteiger charge is 2.31. The maximum atomic E-state index is 12.8. The number of pyridine rings is 1. The van der Waals surface area contributed by atoms with Crippen LogP contribution in [0.2, 0.25) is 15.1 Å². The first-order valence-corrected chi connectivity index (χ1v) is 31.6. The van der Waals surface area contributed by atoms with Crippen molar-refractivity contribution in [1.82, 2.24) is 4.98 Å². The Morgan fingerprint density at radius 1 is 0.263 bits per heavy atom. The van der Waals surface area contributed by atoms with Gasteiger partial charge in [0, 0.05) is 54.8 Å². The summed E-state index contributed by atoms with van der Waals surface area (Å²) in [5.41, 5.74) is 13.1. The van der Waals surface area contributed by atoms with Crippen LogP contribution >= 0.6 is 34.8 Å². The van der Waals surface area contributed by atoms with Gasteiger partial charge in [0.1, 0.15) is 46.5 Å². The molecule has 1 heterocycles. The Hall–Kier alpha value is -8.18. The summed E-state index contributed by atoms with van der Waals surface area (Å²) < 4.78 is 178. The van der Waals surface area contributed by atoms with Gasteiger partial charge >= 0.3 is 6.36 Å². The summed E-state index contributed by atoms with van der Waals surface area (Å²) in [6.45, 7) is 34.2. The van der Waals surface area contributed by atoms with Crippen molar-refractivity contribution in [3.63, 3.8) is 0 Å². The molecule has 0 spiro atoms. The molecule has 0 aliphatic carbocycles. The van der Waals surface area contributed by atoms with Gasteiger partial charge in [0.2, 0.25) is 0 Å². The molecule has 9 aromatic carbocycles. The van der Waals surface area contributed by atoms with Crippen LogP contribution in [0.25, 0.3) is 0 Å². The molecule has 99 heavy (non-hydrogen) atoms. The van der Waals surface area contributed by atoms with Crippen LogP contribution in [-0.4, -0.2) is 11.3 Å². The van der Waals surface area contributed by atoms with Gasteiger partial charge in [-0.3, -0.25) is 4.98 Å². The van der Waals surface area contributed by atoms with Crippen LogP contribution in [-0.2, 0) is 0 Å². The Bertz CT molecular complexity index is 3660. The minimum Gasteiger partial charge on any atom is -0.406 e. The molecule has 0 bridgehead atoms. The maximum Gasteiger partial charge on any atom is 0.573 e. The Labute approximate surface area is 589 Å². The van der Waals surface area contributed by atoms with Gasteiger partial charge in [0.15, 0.2) is 23.3 Å². The average molecular weight is 1450 g/mol. The monoisotopic (exact) mass is 1450 g/mol. The van der Waals surface area contributed by atoms with Gasteiger partial charge in [-0.15, -0.1) is 13.2 Å². The second kappa shape index (κ2) is 42.7. The van der Waals surface area contributed by atoms with Gasteiger partial charge in [-0.05, 0) is 278 Å². The molecule has 0 fully saturated rings. The number of hydrogen-bond acceptors (Lipinski definition) is 2. The minimum absolute atomic E-state index is 0.0885. The first kappa shape index (κ1) is 88.8. The lowest BCUT2D eigenvalue weighted by Crippen LogP contribution is -2.17. The van der Waals surface area contributed by atoms with Gasteiger partial charge in [0.25, 0.3) is 0 Å². The summed E-state index contributed by atoms with van der Waals surface area (Å²) in [4.78, 5) is 4.08. The van der Waals surface area contributed by atoms with E-state index in [0.29, 0.717) is 38.4 Å². The second-order valence-electron chi connectivity index (χ2n) is 23.4. The molecule has 0 saturated carbocycles. The van der Waals surface area contributed by atoms with Crippen molar-refractivity contribution in [2.24, 2.45) is 0 Å². The number of halogens is 17. The van der Waals surface area contributed by atoms with E-state index in [1.165, 1.54) is 79.1 Å². The fourth-order valence-electron chi connectivity index (χ4n) is 7.46. The van der Waals surface area contributed by atoms with E-state index in [1.807, 2.05) is 85.0 Å². The molecule has 0 unspecified atom stereocenters. The molecule has 0 radical (unpaired) electrons. The quantitative estimate of drug-likeness (QED) is 0.121. The molecule has 10 rings (SSSR count). The number of alkyl halides is 3. The number of benzene rings is 9. The van der Waals surface area contributed by atoms with E-state index < -0.39 is 64.0 Å². The fraction of sp³-hybridized carbons (Fsp3) is 0.263. The summed E-state index contributed by atoms with van der Waals surface area (Å²) in [7, 11) is 0. The van der Waals surface area contributed by atoms with Gasteiger partial charge in [-0.25, -0.2) is 48.3 Å². The lowest BCUT2D eigenvalue weighted by atomic mass is 10.1. The summed E-state index contributed by atoms with van der Waals surface area (Å²) in [6.07, 6.45) is -2.74. The summed E-state index contributed by atoms with van der Waals surface area (Å²) in [5.74, 6) is -7.80. The lowest BCUT2D eigenvalue weighted by Gasteiger charge is -2.11. The van der Waals surface area contributed by atoms with Gasteiger partial charge < -0.3 is 4.74 Å². The van der Waals surface area contributed by atoms with Crippen LogP contribution in [0.15, 0.2) is 146 Å². The Morgan fingerprint density at radius 2 is 0.525 bits per heavy atom. The van der Waals surface area contributed by atoms with Crippen molar-refractivity contribution in [1.29, 1.82) is 0 Å². The molecular weight excluding hydrogens is 1360 g/mol. The van der Waals surface area contributed by atoms with Crippen LogP contribution in [0.3, 0.4) is 0 Å². The van der Waals surface area contributed by atoms with Crippen molar-refractivity contribution >= 4 is 34.8 Å². The zero-order chi connectivity index (χ0) is 76.1. The van der Waals surface area contributed by atoms with Gasteiger partial charge in [-0.2, -0.15) is 0 Å². The Kier molecular flexibility index (Phi) is 38.3. The first-order valence-electron chi connectivity index (χ1n) is 30.5. The highest BCUT2D eigenvalue weighted by atomic mass is 35.5. The number of nitrogens with zero attached hydrogens (tertiary/aromatic N) is 1. The third kappa shape index (κ3) is 33.5. The molecule has 0 aliphatic heterocycles. The Balaban J connectivity index is 0.000000552. The van der Waals surface area contributed by atoms with E-state index in [4.69, 9.17) is 34.8 Å². The molecule has 1 aromatic heterocycles. The molecular formula is C80H84Cl3F14NO. The van der Waals surface area contributed by atoms with Crippen molar-refractivity contribution in [2.75, 3.05) is 0 Å². The normalized spacial score (nSPS) is 10.1. The summed E-state index contributed by atoms with van der Waals surface area (Å²) in [6, 6.07) is 40.0. The highest BCUT2D eigenvalue weighted by Crippen LogP contribution is 2.28. The van der Waals surface area contributed by atoms with E-state index >= 15 is 0 Å². The van der Waals surface area contributed by atoms with Crippen LogP contribution in [0.5, 0.6) is 5.75 Å². The van der Waals surface area contributed by atoms with Crippen molar-refractivity contribution in [3.05, 3.63) is 336 Å². The van der Waals surface area contributed by atoms with E-state index in [-0.39, 0.29) is 34.3 Å². The number of ether oxygens (including phenoxy) is 1. The number of hydrogen-bond donors (Lipinski definition) is 0. The fourth-order valence-corrected chi connectivity index (χ4v) is 8.31. The molecule has 0 saturated heterocycles. The molecule has 0 aliphatic rings. The standard InChI is InChI=1S/C9H9F3O.C8H8Cl2.C8H8ClF.C8H6F4.2C8H8F2.2C8H9F.C8H10.C7H9N/c1-6-3-4-7(2)8(5-6)13-9(10,11)12;2*1-5-3-7(9)6(2)8(10)4-5;1-3-5(9)7(11)4(2)8(12)6(3)10;2*1-5-3-7(9)6(2)8(10)4-5;2*1-6-3-4-7(2)8(9)5-6;1-7-3-5-8(2)6-4-7;1-6-3-4-7(2)8-5-6/h3-5H,1-2H3;2*3-4H,1-2H3;1-2H3;2*3-4H,1-2H3;2*3-5H,1-2H3;3-6H,1-2H3;3-5H,1-2H3. The van der Waals surface area contributed by atoms with Crippen LogP contribution in [0.1, 0.15) is 111 Å². The van der Waals surface area contributed by atoms with Gasteiger partial charge in [0.05, 0.1) is 0 Å². The Morgan fingerprint density at radius 3 is 0.808 bits per heavy atom. The predicted octanol–water partition coefficient (Wildman–Crippen LogP) is 26.8. The van der Waals surface area contributed by atoms with E-state index in [0.717, 1.165) is 63.0 Å². The van der Waals surface area contributed by atoms with Crippen LogP contribution < -0.4 is 4.74 Å². The molecule has 534 valence electrons. The molecule has 19 heteroatoms. The zero-order valence-corrected chi connectivity index (χ0v) is 61.4. The molecule has 0 amide bonds. The molecule has 2 nitrogen and oxygen atoms in total. The van der Waals surface area contributed by atoms with Crippen molar-refractivity contribution < 1.29 is 66.2 Å². The SMILES string of the molecule is Cc1c(F)c(F)c(C)c(F)c1F.Cc1cc(Cl)c(C)c(Cl)c1.Cc1cc(F)c(C)c(Cl)c1.Cc1cc(F)c(C)c(F)c1.Cc1cc(F)c(C)c(F)c1.Cc1ccc(C)c(F)c1.Cc1ccc(C)c(F)c1.Cc1ccc(C)c(OC(F)(F)F)c1.Cc1ccc(C)cc1.Cc1ccc(C)nc1. The van der Waals surface area contributed by atoms with E-state index in [9.17, 15) is 61.5 Å². The number of aryl methyl sites for hydroxylation is 14. The van der Waals surface area contributed by atoms with Gasteiger partial charge in [-0.1, -0.05) is 113 Å². The smallest absolute Gasteiger partial charge is 0.406 e. The summed E-state index contributed by atoms with van der Waals surface area (Å²) >= 11 is 17.3. The average Bonchev–Trinajstić information content (AvgIpc) is 0.810. The highest BCUT2D eigenvalue weighted by molar-refractivity contribution is 6.36. The predicted molar refractivity (Wildman–Crippen MR) is 378 cm³/mol. The van der Waals surface area contributed by atoms with E-state index in [1.54, 1.807) is 78.8 Å². The molecule has 10 aromatic rings. The molecule has 0 N–H and O–H groups in total. The van der Waals surface area contributed by atoms with Crippen LogP contribution in [0.4, 0.5) is 61.5 Å². The zero-order valence-electron chi connectivity index (χ0n) is 59.1. The largest absolute Gasteiger partial charge is 0.573 e. The number of aromatic nitrogens is 1. The minimum atomic E-state index is -4.61. The van der Waals surface area contributed by atoms with Crippen LogP contribution in [0, 0.1) is 202 Å². The molecule has 0 atom stereocenters. The van der Waals surface area contributed by atoms with Crippen molar-refractivity contribution in [3.8, 4) is 5.75 Å². The van der Waals surface area contributed by atoms with Crippen molar-refractivity contribution in [2.45, 2.75) is 145 Å². The van der Waals surface area contributed by atoms with E-state index in [2.05, 4.69) is 53.9 Å². The third-order valence-corrected chi connectivity index (χ3v) is 15.1. The second-order valence-corrected chi connectivity index (χ2v) is 24.6.